The van der Waals surface area contributed by atoms with Gasteiger partial charge in [-0.1, -0.05) is 12.1 Å². The zero-order valence-corrected chi connectivity index (χ0v) is 13.6. The van der Waals surface area contributed by atoms with Crippen LogP contribution in [0.15, 0.2) is 24.3 Å². The lowest BCUT2D eigenvalue weighted by atomic mass is 10.2. The normalized spacial score (nSPS) is 12.8. The van der Waals surface area contributed by atoms with Crippen molar-refractivity contribution in [2.24, 2.45) is 0 Å². The van der Waals surface area contributed by atoms with Gasteiger partial charge in [0, 0.05) is 12.5 Å². The summed E-state index contributed by atoms with van der Waals surface area (Å²) in [6, 6.07) is 6.70. The largest absolute Gasteiger partial charge is 0.497 e. The van der Waals surface area contributed by atoms with Crippen LogP contribution in [0.2, 0.25) is 0 Å². The van der Waals surface area contributed by atoms with Gasteiger partial charge in [0.05, 0.1) is 20.3 Å². The van der Waals surface area contributed by atoms with Gasteiger partial charge in [0.2, 0.25) is 5.85 Å². The molecule has 0 fully saturated rings. The standard InChI is InChI=1S/C14H21O6P/c1-5-18-21(16,19-6-2)14(20-11(3)15)12-7-9-13(17-4)10-8-12/h7-10,14H,5-6H2,1-4H3. The number of hydrogen-bond donors (Lipinski definition) is 0. The molecule has 0 bridgehead atoms. The fourth-order valence-electron chi connectivity index (χ4n) is 1.77. The molecule has 7 heteroatoms. The van der Waals surface area contributed by atoms with Gasteiger partial charge in [0.1, 0.15) is 5.75 Å². The van der Waals surface area contributed by atoms with Crippen molar-refractivity contribution in [3.8, 4) is 5.75 Å². The number of ether oxygens (including phenoxy) is 2. The highest BCUT2D eigenvalue weighted by molar-refractivity contribution is 7.54. The second-order valence-electron chi connectivity index (χ2n) is 4.11. The van der Waals surface area contributed by atoms with Gasteiger partial charge in [0.25, 0.3) is 0 Å². The molecule has 1 unspecified atom stereocenters. The number of methoxy groups -OCH3 is 1. The molecule has 0 aliphatic heterocycles. The molecule has 0 radical (unpaired) electrons. The molecule has 0 N–H and O–H groups in total. The van der Waals surface area contributed by atoms with E-state index in [2.05, 4.69) is 0 Å². The summed E-state index contributed by atoms with van der Waals surface area (Å²) in [6.07, 6.45) is 0. The molecule has 0 saturated heterocycles. The lowest BCUT2D eigenvalue weighted by Gasteiger charge is -2.26. The molecule has 1 atom stereocenters. The van der Waals surface area contributed by atoms with Gasteiger partial charge in [-0.15, -0.1) is 0 Å². The van der Waals surface area contributed by atoms with Crippen molar-refractivity contribution in [3.63, 3.8) is 0 Å². The maximum atomic E-state index is 12.9. The first-order valence-corrected chi connectivity index (χ1v) is 8.28. The molecule has 0 saturated carbocycles. The summed E-state index contributed by atoms with van der Waals surface area (Å²) in [5.74, 6) is -1.01. The lowest BCUT2D eigenvalue weighted by molar-refractivity contribution is -0.144. The van der Waals surface area contributed by atoms with Crippen LogP contribution >= 0.6 is 7.60 Å². The fourth-order valence-corrected chi connectivity index (χ4v) is 3.65. The van der Waals surface area contributed by atoms with E-state index in [-0.39, 0.29) is 13.2 Å². The first kappa shape index (κ1) is 17.7. The van der Waals surface area contributed by atoms with Crippen molar-refractivity contribution in [1.82, 2.24) is 0 Å². The van der Waals surface area contributed by atoms with Gasteiger partial charge in [-0.2, -0.15) is 0 Å². The van der Waals surface area contributed by atoms with E-state index in [1.165, 1.54) is 6.92 Å². The van der Waals surface area contributed by atoms with Gasteiger partial charge in [0.15, 0.2) is 0 Å². The molecule has 0 aromatic heterocycles. The van der Waals surface area contributed by atoms with Gasteiger partial charge >= 0.3 is 13.6 Å². The Balaban J connectivity index is 3.18. The van der Waals surface area contributed by atoms with Crippen LogP contribution in [0, 0.1) is 0 Å². The maximum absolute atomic E-state index is 12.9. The minimum Gasteiger partial charge on any atom is -0.497 e. The van der Waals surface area contributed by atoms with Crippen LogP contribution in [0.1, 0.15) is 32.2 Å². The highest BCUT2D eigenvalue weighted by Gasteiger charge is 2.39. The average molecular weight is 316 g/mol. The number of carbonyl (C=O) groups excluding carboxylic acids is 1. The smallest absolute Gasteiger partial charge is 0.375 e. The van der Waals surface area contributed by atoms with Crippen molar-refractivity contribution in [2.75, 3.05) is 20.3 Å². The Labute approximate surface area is 124 Å². The zero-order chi connectivity index (χ0) is 15.9. The first-order chi connectivity index (χ1) is 9.96. The van der Waals surface area contributed by atoms with Crippen LogP contribution in [-0.2, 0) is 23.1 Å². The van der Waals surface area contributed by atoms with Crippen molar-refractivity contribution in [1.29, 1.82) is 0 Å². The third-order valence-corrected chi connectivity index (χ3v) is 4.80. The Morgan fingerprint density at radius 2 is 1.67 bits per heavy atom. The molecule has 6 nitrogen and oxygen atoms in total. The molecule has 1 aromatic carbocycles. The SMILES string of the molecule is CCOP(=O)(OCC)C(OC(C)=O)c1ccc(OC)cc1. The Hall–Kier alpha value is -1.36. The third-order valence-electron chi connectivity index (χ3n) is 2.58. The quantitative estimate of drug-likeness (QED) is 0.540. The van der Waals surface area contributed by atoms with E-state index in [4.69, 9.17) is 18.5 Å². The summed E-state index contributed by atoms with van der Waals surface area (Å²) < 4.78 is 33.6. The van der Waals surface area contributed by atoms with Gasteiger partial charge in [-0.3, -0.25) is 9.36 Å². The minimum absolute atomic E-state index is 0.186. The van der Waals surface area contributed by atoms with E-state index in [0.29, 0.717) is 11.3 Å². The lowest BCUT2D eigenvalue weighted by Crippen LogP contribution is -2.13. The van der Waals surface area contributed by atoms with E-state index >= 15 is 0 Å². The highest BCUT2D eigenvalue weighted by atomic mass is 31.2. The summed E-state index contributed by atoms with van der Waals surface area (Å²) in [6.45, 7) is 5.02. The molecule has 0 amide bonds. The Morgan fingerprint density at radius 3 is 2.05 bits per heavy atom. The molecule has 0 spiro atoms. The molecule has 0 aliphatic carbocycles. The van der Waals surface area contributed by atoms with E-state index in [1.807, 2.05) is 0 Å². The Kier molecular flexibility index (Phi) is 6.89. The van der Waals surface area contributed by atoms with Crippen molar-refractivity contribution in [3.05, 3.63) is 29.8 Å². The highest BCUT2D eigenvalue weighted by Crippen LogP contribution is 2.61. The van der Waals surface area contributed by atoms with Crippen LogP contribution in [0.5, 0.6) is 5.75 Å². The molecule has 21 heavy (non-hydrogen) atoms. The molecule has 118 valence electrons. The number of benzene rings is 1. The summed E-state index contributed by atoms with van der Waals surface area (Å²) >= 11 is 0. The summed E-state index contributed by atoms with van der Waals surface area (Å²) in [5.41, 5.74) is 0.524. The second-order valence-corrected chi connectivity index (χ2v) is 6.18. The summed E-state index contributed by atoms with van der Waals surface area (Å²) in [7, 11) is -2.07. The van der Waals surface area contributed by atoms with Gasteiger partial charge in [-0.25, -0.2) is 0 Å². The zero-order valence-electron chi connectivity index (χ0n) is 12.7. The Morgan fingerprint density at radius 1 is 1.14 bits per heavy atom. The first-order valence-electron chi connectivity index (χ1n) is 6.66. The maximum Gasteiger partial charge on any atom is 0.375 e. The van der Waals surface area contributed by atoms with Gasteiger partial charge in [-0.05, 0) is 26.0 Å². The molecule has 1 aromatic rings. The molecule has 1 rings (SSSR count). The van der Waals surface area contributed by atoms with Crippen LogP contribution in [0.4, 0.5) is 0 Å². The minimum atomic E-state index is -3.61. The Bertz CT molecular complexity index is 489. The van der Waals surface area contributed by atoms with Crippen LogP contribution in [0.25, 0.3) is 0 Å². The molecule has 0 heterocycles. The molecular formula is C14H21O6P. The number of carbonyl (C=O) groups is 1. The van der Waals surface area contributed by atoms with Crippen LogP contribution < -0.4 is 4.74 Å². The number of rotatable bonds is 8. The number of esters is 1. The molecular weight excluding hydrogens is 295 g/mol. The van der Waals surface area contributed by atoms with Gasteiger partial charge < -0.3 is 18.5 Å². The molecule has 0 aliphatic rings. The third kappa shape index (κ3) is 4.84. The van der Waals surface area contributed by atoms with E-state index < -0.39 is 19.4 Å². The predicted octanol–water partition coefficient (Wildman–Crippen LogP) is 3.52. The van der Waals surface area contributed by atoms with Crippen LogP contribution in [0.3, 0.4) is 0 Å². The van der Waals surface area contributed by atoms with Crippen molar-refractivity contribution in [2.45, 2.75) is 26.6 Å². The average Bonchev–Trinajstić information content (AvgIpc) is 2.45. The topological polar surface area (TPSA) is 71.1 Å². The van der Waals surface area contributed by atoms with Crippen molar-refractivity contribution < 1.29 is 27.9 Å². The van der Waals surface area contributed by atoms with E-state index in [0.717, 1.165) is 0 Å². The predicted molar refractivity (Wildman–Crippen MR) is 78.4 cm³/mol. The van der Waals surface area contributed by atoms with E-state index in [1.54, 1.807) is 45.2 Å². The monoisotopic (exact) mass is 316 g/mol. The summed E-state index contributed by atoms with van der Waals surface area (Å²) in [5, 5.41) is 0. The van der Waals surface area contributed by atoms with Crippen LogP contribution in [-0.4, -0.2) is 26.3 Å². The second kappa shape index (κ2) is 8.17. The number of hydrogen-bond acceptors (Lipinski definition) is 6. The summed E-state index contributed by atoms with van der Waals surface area (Å²) in [4.78, 5) is 11.3. The fraction of sp³-hybridized carbons (Fsp3) is 0.500. The van der Waals surface area contributed by atoms with E-state index in [9.17, 15) is 9.36 Å². The van der Waals surface area contributed by atoms with Crippen molar-refractivity contribution >= 4 is 13.6 Å².